The molecule has 0 saturated heterocycles. The number of phosphoric acid groups is 1. The zero-order valence-electron chi connectivity index (χ0n) is 25.2. The number of carbonyl (C=O) groups excluding carboxylic acids is 1. The van der Waals surface area contributed by atoms with Crippen molar-refractivity contribution in [3.05, 3.63) is 29.4 Å². The van der Waals surface area contributed by atoms with E-state index in [0.29, 0.717) is 13.1 Å². The van der Waals surface area contributed by atoms with E-state index < -0.39 is 20.0 Å². The summed E-state index contributed by atoms with van der Waals surface area (Å²) in [5, 5.41) is 8.28. The van der Waals surface area contributed by atoms with Crippen LogP contribution in [-0.2, 0) is 24.9 Å². The van der Waals surface area contributed by atoms with Crippen molar-refractivity contribution in [1.82, 2.24) is 10.5 Å². The molecule has 0 fully saturated rings. The first-order chi connectivity index (χ1) is 20.5. The van der Waals surface area contributed by atoms with Gasteiger partial charge in [-0.2, -0.15) is 4.57 Å². The number of rotatable bonds is 27. The van der Waals surface area contributed by atoms with Crippen LogP contribution in [0.1, 0.15) is 103 Å². The maximum absolute atomic E-state index is 12.3. The lowest BCUT2D eigenvalue weighted by molar-refractivity contribution is -0.693. The largest absolute Gasteiger partial charge is 0.472 e. The van der Waals surface area contributed by atoms with Crippen molar-refractivity contribution < 1.29 is 41.9 Å². The normalized spacial score (nSPS) is 13.5. The summed E-state index contributed by atoms with van der Waals surface area (Å²) in [5.74, 6) is 0.132. The van der Waals surface area contributed by atoms with Crippen LogP contribution >= 0.6 is 19.2 Å². The Morgan fingerprint density at radius 3 is 2.21 bits per heavy atom. The van der Waals surface area contributed by atoms with Gasteiger partial charge in [0, 0.05) is 12.6 Å². The number of hydrogen-bond donors (Lipinski definition) is 2. The number of alkyl carbamates (subject to hydrolysis) is 1. The van der Waals surface area contributed by atoms with Crippen LogP contribution in [0.4, 0.5) is 4.79 Å². The fourth-order valence-corrected chi connectivity index (χ4v) is 5.69. The molecule has 2 rings (SSSR count). The summed E-state index contributed by atoms with van der Waals surface area (Å²) in [6.45, 7) is 2.59. The number of unbranched alkanes of at least 4 members (excludes halogenated alkanes) is 14. The molecule has 240 valence electrons. The van der Waals surface area contributed by atoms with Crippen LogP contribution in [-0.4, -0.2) is 48.6 Å². The number of phosphoric ester groups is 1. The molecule has 1 amide bonds. The molecule has 0 spiro atoms. The molecule has 0 radical (unpaired) electrons. The van der Waals surface area contributed by atoms with Gasteiger partial charge in [0.2, 0.25) is 5.51 Å². The molecule has 0 aromatic carbocycles. The second-order valence-corrected chi connectivity index (χ2v) is 12.6. The Labute approximate surface area is 254 Å². The van der Waals surface area contributed by atoms with E-state index >= 15 is 0 Å². The van der Waals surface area contributed by atoms with Crippen molar-refractivity contribution in [1.29, 1.82) is 0 Å². The van der Waals surface area contributed by atoms with Gasteiger partial charge in [-0.1, -0.05) is 108 Å². The van der Waals surface area contributed by atoms with Crippen molar-refractivity contribution in [3.63, 3.8) is 0 Å². The topological polar surface area (TPSA) is 133 Å². The first-order valence-corrected chi connectivity index (χ1v) is 17.9. The summed E-state index contributed by atoms with van der Waals surface area (Å²) in [5.41, 5.74) is 1.86. The van der Waals surface area contributed by atoms with E-state index in [-0.39, 0.29) is 25.7 Å². The average Bonchev–Trinajstić information content (AvgIpc) is 3.69. The maximum atomic E-state index is 12.3. The van der Waals surface area contributed by atoms with Crippen molar-refractivity contribution >= 4 is 25.3 Å². The quantitative estimate of drug-likeness (QED) is 0.0596. The predicted molar refractivity (Wildman–Crippen MR) is 161 cm³/mol. The lowest BCUT2D eigenvalue weighted by Gasteiger charge is -2.19. The minimum atomic E-state index is -4.34. The molecule has 0 saturated carbocycles. The molecule has 0 aliphatic carbocycles. The zero-order valence-corrected chi connectivity index (χ0v) is 26.9. The first kappa shape index (κ1) is 36.2. The zero-order chi connectivity index (χ0) is 30.1. The van der Waals surface area contributed by atoms with Crippen molar-refractivity contribution in [2.45, 2.75) is 116 Å². The number of aromatic nitrogens is 2. The molecule has 2 aromatic heterocycles. The second kappa shape index (κ2) is 23.5. The van der Waals surface area contributed by atoms with Gasteiger partial charge in [-0.25, -0.2) is 9.36 Å². The van der Waals surface area contributed by atoms with Crippen LogP contribution in [0.3, 0.4) is 0 Å². The highest BCUT2D eigenvalue weighted by Gasteiger charge is 2.26. The summed E-state index contributed by atoms with van der Waals surface area (Å²) in [6.07, 6.45) is 20.9. The summed E-state index contributed by atoms with van der Waals surface area (Å²) < 4.78 is 39.7. The fraction of sp³-hybridized carbons (Fsp3) is 0.759. The smallest absolute Gasteiger partial charge is 0.466 e. The number of thiazole rings is 1. The monoisotopic (exact) mass is 632 g/mol. The SMILES string of the molecule is CCCCCCCCCCCCCCCCCNC(=O)OC[C@H](COP(=O)(O)OCC[n+]1ccsc1)Oc1ccon1. The minimum Gasteiger partial charge on any atom is -0.466 e. The summed E-state index contributed by atoms with van der Waals surface area (Å²) in [7, 11) is -4.34. The van der Waals surface area contributed by atoms with Gasteiger partial charge in [-0.3, -0.25) is 9.05 Å². The Hall–Kier alpha value is -1.98. The van der Waals surface area contributed by atoms with Crippen LogP contribution in [0.25, 0.3) is 0 Å². The Morgan fingerprint density at radius 1 is 1.00 bits per heavy atom. The highest BCUT2D eigenvalue weighted by atomic mass is 32.1. The first-order valence-electron chi connectivity index (χ1n) is 15.5. The van der Waals surface area contributed by atoms with E-state index in [1.54, 1.807) is 0 Å². The van der Waals surface area contributed by atoms with Crippen molar-refractivity contribution in [3.8, 4) is 5.88 Å². The molecule has 2 aromatic rings. The number of nitrogens with one attached hydrogen (secondary N) is 1. The van der Waals surface area contributed by atoms with E-state index in [1.165, 1.54) is 101 Å². The summed E-state index contributed by atoms with van der Waals surface area (Å²) >= 11 is 1.50. The molecule has 42 heavy (non-hydrogen) atoms. The Kier molecular flexibility index (Phi) is 20.2. The summed E-state index contributed by atoms with van der Waals surface area (Å²) in [4.78, 5) is 22.2. The van der Waals surface area contributed by atoms with Gasteiger partial charge < -0.3 is 24.2 Å². The lowest BCUT2D eigenvalue weighted by Crippen LogP contribution is -2.34. The third-order valence-corrected chi connectivity index (χ3v) is 8.36. The van der Waals surface area contributed by atoms with Crippen LogP contribution in [0.2, 0.25) is 0 Å². The molecule has 11 nitrogen and oxygen atoms in total. The van der Waals surface area contributed by atoms with Crippen molar-refractivity contribution in [2.24, 2.45) is 0 Å². The van der Waals surface area contributed by atoms with Crippen LogP contribution < -0.4 is 14.6 Å². The van der Waals surface area contributed by atoms with E-state index in [1.807, 2.05) is 21.7 Å². The van der Waals surface area contributed by atoms with Gasteiger partial charge in [-0.15, -0.1) is 0 Å². The molecule has 13 heteroatoms. The maximum Gasteiger partial charge on any atom is 0.472 e. The van der Waals surface area contributed by atoms with E-state index in [9.17, 15) is 14.3 Å². The molecule has 2 atom stereocenters. The Morgan fingerprint density at radius 2 is 1.64 bits per heavy atom. The van der Waals surface area contributed by atoms with E-state index in [4.69, 9.17) is 23.0 Å². The second-order valence-electron chi connectivity index (χ2n) is 10.4. The fourth-order valence-electron chi connectivity index (χ4n) is 4.32. The molecule has 2 N–H and O–H groups in total. The lowest BCUT2D eigenvalue weighted by atomic mass is 10.0. The molecule has 1 unspecified atom stereocenters. The highest BCUT2D eigenvalue weighted by molar-refractivity contribution is 7.47. The Balaban J connectivity index is 1.50. The number of amides is 1. The molecule has 0 aliphatic heterocycles. The average molecular weight is 633 g/mol. The number of carbonyl (C=O) groups is 1. The van der Waals surface area contributed by atoms with Crippen LogP contribution in [0.5, 0.6) is 5.88 Å². The van der Waals surface area contributed by atoms with Gasteiger partial charge >= 0.3 is 13.9 Å². The van der Waals surface area contributed by atoms with Gasteiger partial charge in [0.25, 0.3) is 5.88 Å². The predicted octanol–water partition coefficient (Wildman–Crippen LogP) is 7.20. The van der Waals surface area contributed by atoms with Gasteiger partial charge in [-0.05, 0) is 11.6 Å². The number of nitrogens with zero attached hydrogens (tertiary/aromatic N) is 2. The van der Waals surface area contributed by atoms with Crippen molar-refractivity contribution in [2.75, 3.05) is 26.4 Å². The molecular weight excluding hydrogens is 581 g/mol. The molecular formula is C29H51N3O8PS+. The third-order valence-electron chi connectivity index (χ3n) is 6.71. The number of ether oxygens (including phenoxy) is 2. The van der Waals surface area contributed by atoms with Gasteiger partial charge in [0.15, 0.2) is 18.8 Å². The minimum absolute atomic E-state index is 0.0117. The van der Waals surface area contributed by atoms with E-state index in [2.05, 4.69) is 17.4 Å². The highest BCUT2D eigenvalue weighted by Crippen LogP contribution is 2.43. The molecule has 0 aliphatic rings. The standard InChI is InChI=1S/C29H50N3O8PS/c1-2-3-4-5-6-7-8-9-10-11-12-13-14-15-16-18-30-29(33)36-24-27(40-28-17-21-37-31-28)25-39-41(34,35)38-22-19-32-20-23-42-26-32/h17,20-21,23,26-27H,2-16,18-19,22,24-25H2,1H3,(H-,30,33,34,35)/p+1/t27-/m1/s1. The van der Waals surface area contributed by atoms with Gasteiger partial charge in [0.1, 0.15) is 19.5 Å². The summed E-state index contributed by atoms with van der Waals surface area (Å²) in [6, 6.07) is 1.47. The van der Waals surface area contributed by atoms with Crippen LogP contribution in [0, 0.1) is 0 Å². The van der Waals surface area contributed by atoms with Gasteiger partial charge in [0.05, 0.1) is 12.0 Å². The van der Waals surface area contributed by atoms with E-state index in [0.717, 1.165) is 19.3 Å². The third kappa shape index (κ3) is 19.3. The number of hydrogen-bond acceptors (Lipinski definition) is 9. The molecule has 0 bridgehead atoms. The Bertz CT molecular complexity index is 949. The van der Waals surface area contributed by atoms with Crippen LogP contribution in [0.15, 0.2) is 33.9 Å². The molecule has 2 heterocycles.